The number of hydrogen-bond acceptors (Lipinski definition) is 2. The number of alkyl halides is 3. The molecule has 0 aliphatic rings. The second-order valence-electron chi connectivity index (χ2n) is 1.53. The topological polar surface area (TPSA) is 34.1 Å². The van der Waals surface area contributed by atoms with Gasteiger partial charge in [0, 0.05) is 0 Å². The first-order valence-electron chi connectivity index (χ1n) is 2.23. The van der Waals surface area contributed by atoms with Gasteiger partial charge in [-0.1, -0.05) is 0 Å². The van der Waals surface area contributed by atoms with E-state index in [1.54, 1.807) is 0 Å². The molecular formula is C5H3F3O2. The molecule has 0 N–H and O–H groups in total. The summed E-state index contributed by atoms with van der Waals surface area (Å²) < 4.78 is 34.4. The molecule has 0 radical (unpaired) electrons. The van der Waals surface area contributed by atoms with Crippen molar-refractivity contribution in [1.29, 1.82) is 0 Å². The molecule has 5 heteroatoms. The smallest absolute Gasteiger partial charge is 0.294 e. The molecule has 0 aromatic carbocycles. The third-order valence-corrected chi connectivity index (χ3v) is 0.738. The van der Waals surface area contributed by atoms with Crippen LogP contribution in [0, 0.1) is 0 Å². The molecule has 0 rings (SSSR count). The van der Waals surface area contributed by atoms with Gasteiger partial charge in [-0.2, -0.15) is 13.2 Å². The van der Waals surface area contributed by atoms with E-state index in [9.17, 15) is 22.8 Å². The Labute approximate surface area is 54.3 Å². The van der Waals surface area contributed by atoms with Gasteiger partial charge in [0.25, 0.3) is 0 Å². The van der Waals surface area contributed by atoms with Gasteiger partial charge in [0.2, 0.25) is 0 Å². The van der Waals surface area contributed by atoms with Crippen LogP contribution >= 0.6 is 0 Å². The van der Waals surface area contributed by atoms with E-state index in [1.807, 2.05) is 0 Å². The number of hydrogen-bond donors (Lipinski definition) is 0. The van der Waals surface area contributed by atoms with Crippen molar-refractivity contribution in [2.75, 3.05) is 0 Å². The minimum absolute atomic E-state index is 0.534. The first-order chi connectivity index (χ1) is 4.39. The number of carbonyl (C=O) groups excluding carboxylic acids is 2. The summed E-state index contributed by atoms with van der Waals surface area (Å²) in [5.74, 6) is -0.784. The predicted octanol–water partition coefficient (Wildman–Crippen LogP) is 0.896. The third kappa shape index (κ3) is 2.03. The Bertz CT molecular complexity index is 197. The molecule has 10 heavy (non-hydrogen) atoms. The van der Waals surface area contributed by atoms with Crippen LogP contribution in [0.2, 0.25) is 0 Å². The minimum atomic E-state index is -4.87. The van der Waals surface area contributed by atoms with Gasteiger partial charge in [-0.05, 0) is 6.92 Å². The molecule has 56 valence electrons. The molecule has 0 saturated carbocycles. The number of allylic oxidation sites excluding steroid dienone is 1. The Morgan fingerprint density at radius 1 is 1.40 bits per heavy atom. The van der Waals surface area contributed by atoms with Gasteiger partial charge in [0.15, 0.2) is 11.4 Å². The fourth-order valence-corrected chi connectivity index (χ4v) is 0.329. The molecule has 0 aromatic rings. The first-order valence-corrected chi connectivity index (χ1v) is 2.23. The van der Waals surface area contributed by atoms with Crippen molar-refractivity contribution < 1.29 is 22.8 Å². The number of ketones is 1. The molecule has 0 spiro atoms. The second kappa shape index (κ2) is 2.66. The van der Waals surface area contributed by atoms with Gasteiger partial charge >= 0.3 is 6.18 Å². The summed E-state index contributed by atoms with van der Waals surface area (Å²) in [5.41, 5.74) is -1.77. The van der Waals surface area contributed by atoms with Gasteiger partial charge in [0.1, 0.15) is 5.94 Å². The molecule has 0 aliphatic heterocycles. The van der Waals surface area contributed by atoms with Crippen LogP contribution in [0.5, 0.6) is 0 Å². The van der Waals surface area contributed by atoms with Crippen molar-refractivity contribution in [2.45, 2.75) is 13.1 Å². The highest BCUT2D eigenvalue weighted by molar-refractivity contribution is 6.01. The zero-order valence-electron chi connectivity index (χ0n) is 4.95. The second-order valence-corrected chi connectivity index (χ2v) is 1.53. The van der Waals surface area contributed by atoms with Gasteiger partial charge in [-0.3, -0.25) is 4.79 Å². The number of halogens is 3. The minimum Gasteiger partial charge on any atom is -0.294 e. The van der Waals surface area contributed by atoms with Crippen LogP contribution < -0.4 is 0 Å². The van der Waals surface area contributed by atoms with Crippen molar-refractivity contribution in [2.24, 2.45) is 0 Å². The average Bonchev–Trinajstić information content (AvgIpc) is 1.60. The Morgan fingerprint density at radius 2 is 1.80 bits per heavy atom. The normalized spacial score (nSPS) is 10.4. The summed E-state index contributed by atoms with van der Waals surface area (Å²) in [7, 11) is 0. The zero-order valence-corrected chi connectivity index (χ0v) is 4.95. The largest absolute Gasteiger partial charge is 0.430 e. The summed E-state index contributed by atoms with van der Waals surface area (Å²) in [4.78, 5) is 19.5. The summed E-state index contributed by atoms with van der Waals surface area (Å²) in [6.45, 7) is 0.660. The molecule has 0 unspecified atom stereocenters. The lowest BCUT2D eigenvalue weighted by Crippen LogP contribution is -2.18. The lowest BCUT2D eigenvalue weighted by Gasteiger charge is -2.01. The van der Waals surface area contributed by atoms with Crippen LogP contribution in [0.3, 0.4) is 0 Å². The van der Waals surface area contributed by atoms with E-state index in [0.29, 0.717) is 12.9 Å². The highest BCUT2D eigenvalue weighted by Crippen LogP contribution is 2.23. The fraction of sp³-hybridized carbons (Fsp3) is 0.400. The van der Waals surface area contributed by atoms with Crippen LogP contribution in [-0.2, 0) is 9.59 Å². The molecule has 0 saturated heterocycles. The summed E-state index contributed by atoms with van der Waals surface area (Å²) in [6, 6.07) is 0. The lowest BCUT2D eigenvalue weighted by molar-refractivity contribution is -0.126. The van der Waals surface area contributed by atoms with Crippen LogP contribution in [0.4, 0.5) is 13.2 Å². The van der Waals surface area contributed by atoms with E-state index < -0.39 is 17.5 Å². The van der Waals surface area contributed by atoms with Crippen molar-refractivity contribution >= 4 is 11.7 Å². The molecule has 0 amide bonds. The van der Waals surface area contributed by atoms with Crippen LogP contribution in [0.1, 0.15) is 6.92 Å². The third-order valence-electron chi connectivity index (χ3n) is 0.738. The predicted molar refractivity (Wildman–Crippen MR) is 25.9 cm³/mol. The first kappa shape index (κ1) is 8.91. The average molecular weight is 152 g/mol. The van der Waals surface area contributed by atoms with Crippen molar-refractivity contribution in [1.82, 2.24) is 0 Å². The Hall–Kier alpha value is -1.09. The maximum absolute atomic E-state index is 11.5. The molecule has 0 bridgehead atoms. The van der Waals surface area contributed by atoms with E-state index >= 15 is 0 Å². The SMILES string of the molecule is CC(=O)C(=C=O)C(F)(F)F. The standard InChI is InChI=1S/C5H3F3O2/c1-3(10)4(2-9)5(6,7)8/h1H3. The van der Waals surface area contributed by atoms with E-state index in [2.05, 4.69) is 0 Å². The quantitative estimate of drug-likeness (QED) is 0.413. The Kier molecular flexibility index (Phi) is 2.37. The number of carbonyl (C=O) groups is 1. The van der Waals surface area contributed by atoms with Crippen LogP contribution in [0.25, 0.3) is 0 Å². The summed E-state index contributed by atoms with van der Waals surface area (Å²) in [5, 5.41) is 0. The molecule has 0 aromatic heterocycles. The van der Waals surface area contributed by atoms with E-state index in [4.69, 9.17) is 0 Å². The monoisotopic (exact) mass is 152 g/mol. The molecular weight excluding hydrogens is 149 g/mol. The number of rotatable bonds is 1. The fourth-order valence-electron chi connectivity index (χ4n) is 0.329. The Balaban J connectivity index is 4.74. The van der Waals surface area contributed by atoms with Crippen molar-refractivity contribution in [3.05, 3.63) is 5.57 Å². The molecule has 0 atom stereocenters. The van der Waals surface area contributed by atoms with Crippen molar-refractivity contribution in [3.63, 3.8) is 0 Å². The van der Waals surface area contributed by atoms with Gasteiger partial charge in [-0.15, -0.1) is 0 Å². The van der Waals surface area contributed by atoms with Gasteiger partial charge in [-0.25, -0.2) is 4.79 Å². The van der Waals surface area contributed by atoms with Crippen molar-refractivity contribution in [3.8, 4) is 0 Å². The summed E-state index contributed by atoms with van der Waals surface area (Å²) in [6.07, 6.45) is -4.87. The Morgan fingerprint density at radius 3 is 1.80 bits per heavy atom. The summed E-state index contributed by atoms with van der Waals surface area (Å²) >= 11 is 0. The maximum atomic E-state index is 11.5. The van der Waals surface area contributed by atoms with Crippen LogP contribution in [-0.4, -0.2) is 17.9 Å². The highest BCUT2D eigenvalue weighted by atomic mass is 19.4. The molecule has 2 nitrogen and oxygen atoms in total. The van der Waals surface area contributed by atoms with E-state index in [-0.39, 0.29) is 0 Å². The molecule has 0 heterocycles. The zero-order chi connectivity index (χ0) is 8.36. The maximum Gasteiger partial charge on any atom is 0.430 e. The number of Topliss-reactive ketones (excluding diaryl/α,β-unsaturated/α-hetero) is 1. The van der Waals surface area contributed by atoms with E-state index in [0.717, 1.165) is 0 Å². The van der Waals surface area contributed by atoms with E-state index in [1.165, 1.54) is 0 Å². The van der Waals surface area contributed by atoms with Crippen LogP contribution in [0.15, 0.2) is 5.57 Å². The lowest BCUT2D eigenvalue weighted by atomic mass is 10.2. The molecule has 0 fully saturated rings. The van der Waals surface area contributed by atoms with Gasteiger partial charge < -0.3 is 0 Å². The van der Waals surface area contributed by atoms with Gasteiger partial charge in [0.05, 0.1) is 0 Å². The molecule has 0 aliphatic carbocycles. The highest BCUT2D eigenvalue weighted by Gasteiger charge is 2.38.